The van der Waals surface area contributed by atoms with Gasteiger partial charge in [-0.15, -0.1) is 0 Å². The van der Waals surface area contributed by atoms with E-state index in [-0.39, 0.29) is 19.6 Å². The van der Waals surface area contributed by atoms with Gasteiger partial charge in [-0.25, -0.2) is 4.79 Å². The number of carbonyl (C=O) groups is 1. The average Bonchev–Trinajstić information content (AvgIpc) is 2.66. The van der Waals surface area contributed by atoms with Crippen molar-refractivity contribution >= 4 is 16.3 Å². The summed E-state index contributed by atoms with van der Waals surface area (Å²) in [5.74, 6) is 1.29. The smallest absolute Gasteiger partial charge is 0.409 e. The van der Waals surface area contributed by atoms with Crippen LogP contribution < -0.4 is 14.2 Å². The molecule has 2 heterocycles. The third-order valence-electron chi connectivity index (χ3n) is 4.17. The molecule has 0 spiro atoms. The standard InChI is InChI=1S/C16H23N3O6S/c1-2-23-16(20)18-5-7-19(8-6-18)26(21,22)17-12-13-3-4-14-15(11-13)25-10-9-24-14/h3-4,11,17H,2,5-10,12H2,1H3. The van der Waals surface area contributed by atoms with Gasteiger partial charge in [0.05, 0.1) is 6.61 Å². The third-order valence-corrected chi connectivity index (χ3v) is 5.72. The number of piperazine rings is 1. The van der Waals surface area contributed by atoms with E-state index in [2.05, 4.69) is 4.72 Å². The highest BCUT2D eigenvalue weighted by atomic mass is 32.2. The van der Waals surface area contributed by atoms with Gasteiger partial charge in [0, 0.05) is 32.7 Å². The van der Waals surface area contributed by atoms with Crippen LogP contribution in [0.4, 0.5) is 4.79 Å². The van der Waals surface area contributed by atoms with Crippen LogP contribution in [0.2, 0.25) is 0 Å². The molecule has 26 heavy (non-hydrogen) atoms. The van der Waals surface area contributed by atoms with Crippen LogP contribution in [0.5, 0.6) is 11.5 Å². The van der Waals surface area contributed by atoms with E-state index in [4.69, 9.17) is 14.2 Å². The number of nitrogens with one attached hydrogen (secondary N) is 1. The lowest BCUT2D eigenvalue weighted by atomic mass is 10.2. The number of hydrogen-bond acceptors (Lipinski definition) is 6. The molecule has 0 saturated carbocycles. The SMILES string of the molecule is CCOC(=O)N1CCN(S(=O)(=O)NCc2ccc3c(c2)OCCO3)CC1. The van der Waals surface area contributed by atoms with E-state index in [9.17, 15) is 13.2 Å². The van der Waals surface area contributed by atoms with Gasteiger partial charge < -0.3 is 19.1 Å². The second-order valence-electron chi connectivity index (χ2n) is 5.89. The highest BCUT2D eigenvalue weighted by Crippen LogP contribution is 2.30. The van der Waals surface area contributed by atoms with Crippen LogP contribution in [0.25, 0.3) is 0 Å². The van der Waals surface area contributed by atoms with Crippen molar-refractivity contribution in [2.45, 2.75) is 13.5 Å². The molecule has 9 nitrogen and oxygen atoms in total. The molecular weight excluding hydrogens is 362 g/mol. The first kappa shape index (κ1) is 18.7. The van der Waals surface area contributed by atoms with E-state index in [1.165, 1.54) is 9.21 Å². The molecule has 2 aliphatic heterocycles. The van der Waals surface area contributed by atoms with Gasteiger partial charge in [-0.1, -0.05) is 6.07 Å². The van der Waals surface area contributed by atoms with Gasteiger partial charge in [0.2, 0.25) is 0 Å². The Morgan fingerprint density at radius 1 is 1.15 bits per heavy atom. The summed E-state index contributed by atoms with van der Waals surface area (Å²) in [6.45, 7) is 4.26. The van der Waals surface area contributed by atoms with E-state index >= 15 is 0 Å². The first-order chi connectivity index (χ1) is 12.5. The van der Waals surface area contributed by atoms with Crippen LogP contribution >= 0.6 is 0 Å². The van der Waals surface area contributed by atoms with Crippen LogP contribution in [0.15, 0.2) is 18.2 Å². The van der Waals surface area contributed by atoms with Gasteiger partial charge in [-0.3, -0.25) is 0 Å². The van der Waals surface area contributed by atoms with Gasteiger partial charge in [0.15, 0.2) is 11.5 Å². The minimum Gasteiger partial charge on any atom is -0.486 e. The number of fused-ring (bicyclic) bond motifs is 1. The van der Waals surface area contributed by atoms with E-state index in [1.54, 1.807) is 25.1 Å². The summed E-state index contributed by atoms with van der Waals surface area (Å²) in [7, 11) is -3.63. The fraction of sp³-hybridized carbons (Fsp3) is 0.562. The van der Waals surface area contributed by atoms with E-state index in [0.29, 0.717) is 44.4 Å². The lowest BCUT2D eigenvalue weighted by Crippen LogP contribution is -2.53. The first-order valence-corrected chi connectivity index (χ1v) is 9.98. The molecule has 3 rings (SSSR count). The van der Waals surface area contributed by atoms with Crippen molar-refractivity contribution in [2.75, 3.05) is 46.0 Å². The lowest BCUT2D eigenvalue weighted by Gasteiger charge is -2.33. The molecule has 1 N–H and O–H groups in total. The number of ether oxygens (including phenoxy) is 3. The maximum atomic E-state index is 12.5. The summed E-state index contributed by atoms with van der Waals surface area (Å²) in [5.41, 5.74) is 0.781. The van der Waals surface area contributed by atoms with Crippen LogP contribution in [0, 0.1) is 0 Å². The predicted molar refractivity (Wildman–Crippen MR) is 93.4 cm³/mol. The Morgan fingerprint density at radius 3 is 2.54 bits per heavy atom. The minimum atomic E-state index is -3.63. The molecule has 0 unspecified atom stereocenters. The zero-order valence-corrected chi connectivity index (χ0v) is 15.5. The molecular formula is C16H23N3O6S. The molecule has 0 atom stereocenters. The highest BCUT2D eigenvalue weighted by Gasteiger charge is 2.29. The average molecular weight is 385 g/mol. The predicted octanol–water partition coefficient (Wildman–Crippen LogP) is 0.566. The fourth-order valence-electron chi connectivity index (χ4n) is 2.79. The summed E-state index contributed by atoms with van der Waals surface area (Å²) in [5, 5.41) is 0. The Bertz CT molecular complexity index is 746. The van der Waals surface area contributed by atoms with Gasteiger partial charge >= 0.3 is 6.09 Å². The van der Waals surface area contributed by atoms with Crippen molar-refractivity contribution in [1.29, 1.82) is 0 Å². The summed E-state index contributed by atoms with van der Waals surface area (Å²) >= 11 is 0. The van der Waals surface area contributed by atoms with Crippen molar-refractivity contribution in [3.8, 4) is 11.5 Å². The van der Waals surface area contributed by atoms with E-state index in [0.717, 1.165) is 5.56 Å². The second-order valence-corrected chi connectivity index (χ2v) is 7.64. The summed E-state index contributed by atoms with van der Waals surface area (Å²) in [4.78, 5) is 13.2. The van der Waals surface area contributed by atoms with Crippen molar-refractivity contribution < 1.29 is 27.4 Å². The second kappa shape index (κ2) is 8.11. The van der Waals surface area contributed by atoms with Gasteiger partial charge in [-0.2, -0.15) is 17.4 Å². The Hall–Kier alpha value is -2.04. The topological polar surface area (TPSA) is 97.4 Å². The molecule has 1 amide bonds. The Morgan fingerprint density at radius 2 is 1.85 bits per heavy atom. The normalized spacial score (nSPS) is 17.8. The summed E-state index contributed by atoms with van der Waals surface area (Å²) in [6, 6.07) is 5.35. The number of carbonyl (C=O) groups excluding carboxylic acids is 1. The quantitative estimate of drug-likeness (QED) is 0.796. The van der Waals surface area contributed by atoms with Crippen molar-refractivity contribution in [3.05, 3.63) is 23.8 Å². The highest BCUT2D eigenvalue weighted by molar-refractivity contribution is 7.87. The molecule has 1 saturated heterocycles. The number of rotatable bonds is 5. The molecule has 0 radical (unpaired) electrons. The van der Waals surface area contributed by atoms with Gasteiger partial charge in [0.25, 0.3) is 10.2 Å². The molecule has 1 aromatic rings. The Kier molecular flexibility index (Phi) is 5.84. The lowest BCUT2D eigenvalue weighted by molar-refractivity contribution is 0.0932. The maximum Gasteiger partial charge on any atom is 0.409 e. The zero-order chi connectivity index (χ0) is 18.6. The minimum absolute atomic E-state index is 0.150. The number of nitrogens with zero attached hydrogens (tertiary/aromatic N) is 2. The van der Waals surface area contributed by atoms with Gasteiger partial charge in [0.1, 0.15) is 13.2 Å². The molecule has 0 aromatic heterocycles. The maximum absolute atomic E-state index is 12.5. The molecule has 1 fully saturated rings. The van der Waals surface area contributed by atoms with Crippen LogP contribution in [-0.4, -0.2) is 69.7 Å². The van der Waals surface area contributed by atoms with Gasteiger partial charge in [-0.05, 0) is 24.6 Å². The largest absolute Gasteiger partial charge is 0.486 e. The first-order valence-electron chi connectivity index (χ1n) is 8.54. The number of amides is 1. The third kappa shape index (κ3) is 4.37. The van der Waals surface area contributed by atoms with Crippen LogP contribution in [-0.2, 0) is 21.5 Å². The summed E-state index contributed by atoms with van der Waals surface area (Å²) < 4.78 is 44.8. The van der Waals surface area contributed by atoms with Crippen LogP contribution in [0.3, 0.4) is 0 Å². The monoisotopic (exact) mass is 385 g/mol. The van der Waals surface area contributed by atoms with Crippen molar-refractivity contribution in [1.82, 2.24) is 13.9 Å². The molecule has 144 valence electrons. The molecule has 0 aliphatic carbocycles. The summed E-state index contributed by atoms with van der Waals surface area (Å²) in [6.07, 6.45) is -0.409. The molecule has 0 bridgehead atoms. The zero-order valence-electron chi connectivity index (χ0n) is 14.6. The number of benzene rings is 1. The van der Waals surface area contributed by atoms with E-state index < -0.39 is 16.3 Å². The Balaban J connectivity index is 1.54. The van der Waals surface area contributed by atoms with Crippen molar-refractivity contribution in [3.63, 3.8) is 0 Å². The fourth-order valence-corrected chi connectivity index (χ4v) is 3.96. The Labute approximate surface area is 153 Å². The molecule has 2 aliphatic rings. The molecule has 10 heteroatoms. The van der Waals surface area contributed by atoms with Crippen LogP contribution in [0.1, 0.15) is 12.5 Å². The van der Waals surface area contributed by atoms with Crippen molar-refractivity contribution in [2.24, 2.45) is 0 Å². The molecule has 1 aromatic carbocycles. The van der Waals surface area contributed by atoms with E-state index in [1.807, 2.05) is 0 Å². The number of hydrogen-bond donors (Lipinski definition) is 1.